The second kappa shape index (κ2) is 7.72. The molecule has 0 fully saturated rings. The Hall–Kier alpha value is -0.790. The summed E-state index contributed by atoms with van der Waals surface area (Å²) in [5.74, 6) is 1.84. The molecular formula is C12H16N4S3. The average molecular weight is 312 g/mol. The normalized spacial score (nSPS) is 10.6. The Balaban J connectivity index is 1.91. The van der Waals surface area contributed by atoms with Crippen LogP contribution in [0.15, 0.2) is 27.0 Å². The highest BCUT2D eigenvalue weighted by Gasteiger charge is 2.04. The quantitative estimate of drug-likeness (QED) is 0.785. The molecule has 4 nitrogen and oxygen atoms in total. The van der Waals surface area contributed by atoms with Crippen LogP contribution in [0.25, 0.3) is 0 Å². The molecule has 0 bridgehead atoms. The summed E-state index contributed by atoms with van der Waals surface area (Å²) in [6.45, 7) is 3.10. The van der Waals surface area contributed by atoms with Gasteiger partial charge in [-0.3, -0.25) is 0 Å². The molecule has 0 saturated carbocycles. The topological polar surface area (TPSA) is 50.7 Å². The van der Waals surface area contributed by atoms with E-state index in [4.69, 9.17) is 0 Å². The highest BCUT2D eigenvalue weighted by Crippen LogP contribution is 2.29. The molecule has 0 aliphatic carbocycles. The van der Waals surface area contributed by atoms with Crippen LogP contribution in [-0.2, 0) is 5.75 Å². The number of hydrogen-bond acceptors (Lipinski definition) is 7. The molecule has 0 aliphatic heterocycles. The molecular weight excluding hydrogens is 296 g/mol. The lowest BCUT2D eigenvalue weighted by atomic mass is 10.3. The lowest BCUT2D eigenvalue weighted by Gasteiger charge is -2.05. The predicted octanol–water partition coefficient (Wildman–Crippen LogP) is 3.77. The fourth-order valence-electron chi connectivity index (χ4n) is 1.40. The summed E-state index contributed by atoms with van der Waals surface area (Å²) in [5.41, 5.74) is 1.25. The number of pyridine rings is 1. The van der Waals surface area contributed by atoms with Crippen LogP contribution in [0.1, 0.15) is 18.9 Å². The van der Waals surface area contributed by atoms with E-state index in [1.807, 2.05) is 18.5 Å². The Bertz CT molecular complexity index is 515. The van der Waals surface area contributed by atoms with E-state index < -0.39 is 0 Å². The second-order valence-electron chi connectivity index (χ2n) is 3.80. The highest BCUT2D eigenvalue weighted by atomic mass is 32.2. The molecule has 0 aromatic carbocycles. The third-order valence-corrected chi connectivity index (χ3v) is 5.41. The Kier molecular flexibility index (Phi) is 5.93. The number of hydrogen-bond donors (Lipinski definition) is 1. The van der Waals surface area contributed by atoms with E-state index >= 15 is 0 Å². The molecule has 2 aromatic rings. The zero-order valence-corrected chi connectivity index (χ0v) is 13.4. The number of thioether (sulfide) groups is 2. The van der Waals surface area contributed by atoms with E-state index in [2.05, 4.69) is 33.5 Å². The zero-order chi connectivity index (χ0) is 13.5. The molecule has 0 amide bonds. The van der Waals surface area contributed by atoms with Crippen molar-refractivity contribution in [3.63, 3.8) is 0 Å². The SMILES string of the molecule is CCCNc1cc(CSc2nnc(SC)s2)ccn1. The van der Waals surface area contributed by atoms with Crippen molar-refractivity contribution in [3.05, 3.63) is 23.9 Å². The largest absolute Gasteiger partial charge is 0.370 e. The molecule has 19 heavy (non-hydrogen) atoms. The van der Waals surface area contributed by atoms with Crippen LogP contribution in [0.3, 0.4) is 0 Å². The molecule has 0 saturated heterocycles. The average Bonchev–Trinajstić information content (AvgIpc) is 2.91. The van der Waals surface area contributed by atoms with Crippen molar-refractivity contribution < 1.29 is 0 Å². The summed E-state index contributed by atoms with van der Waals surface area (Å²) < 4.78 is 2.03. The number of rotatable bonds is 7. The van der Waals surface area contributed by atoms with Crippen LogP contribution in [0.5, 0.6) is 0 Å². The minimum Gasteiger partial charge on any atom is -0.370 e. The molecule has 2 aromatic heterocycles. The van der Waals surface area contributed by atoms with Gasteiger partial charge in [0.1, 0.15) is 5.82 Å². The number of nitrogens with one attached hydrogen (secondary N) is 1. The minimum absolute atomic E-state index is 0.895. The molecule has 7 heteroatoms. The fourth-order valence-corrected chi connectivity index (χ4v) is 3.78. The molecule has 1 N–H and O–H groups in total. The molecule has 0 spiro atoms. The summed E-state index contributed by atoms with van der Waals surface area (Å²) in [6.07, 6.45) is 4.97. The Morgan fingerprint density at radius 2 is 2.16 bits per heavy atom. The Morgan fingerprint density at radius 3 is 2.89 bits per heavy atom. The van der Waals surface area contributed by atoms with E-state index in [0.29, 0.717) is 0 Å². The fraction of sp³-hybridized carbons (Fsp3) is 0.417. The third-order valence-electron chi connectivity index (χ3n) is 2.31. The predicted molar refractivity (Wildman–Crippen MR) is 84.3 cm³/mol. The van der Waals surface area contributed by atoms with Crippen molar-refractivity contribution >= 4 is 40.7 Å². The van der Waals surface area contributed by atoms with E-state index in [0.717, 1.165) is 33.2 Å². The summed E-state index contributed by atoms with van der Waals surface area (Å²) in [7, 11) is 0. The van der Waals surface area contributed by atoms with Gasteiger partial charge in [0.2, 0.25) is 0 Å². The van der Waals surface area contributed by atoms with Gasteiger partial charge in [0.15, 0.2) is 8.68 Å². The van der Waals surface area contributed by atoms with E-state index in [9.17, 15) is 0 Å². The number of nitrogens with zero attached hydrogens (tertiary/aromatic N) is 3. The van der Waals surface area contributed by atoms with Gasteiger partial charge in [-0.1, -0.05) is 41.8 Å². The van der Waals surface area contributed by atoms with Gasteiger partial charge in [0, 0.05) is 18.5 Å². The molecule has 0 atom stereocenters. The Morgan fingerprint density at radius 1 is 1.32 bits per heavy atom. The number of anilines is 1. The molecule has 2 heterocycles. The van der Waals surface area contributed by atoms with Gasteiger partial charge in [0.25, 0.3) is 0 Å². The first kappa shape index (κ1) is 14.6. The van der Waals surface area contributed by atoms with Gasteiger partial charge in [-0.15, -0.1) is 10.2 Å². The maximum Gasteiger partial charge on any atom is 0.175 e. The summed E-state index contributed by atoms with van der Waals surface area (Å²) >= 11 is 5.00. The van der Waals surface area contributed by atoms with Crippen LogP contribution >= 0.6 is 34.9 Å². The van der Waals surface area contributed by atoms with Gasteiger partial charge in [-0.2, -0.15) is 0 Å². The lowest BCUT2D eigenvalue weighted by molar-refractivity contribution is 0.955. The van der Waals surface area contributed by atoms with Gasteiger partial charge in [-0.25, -0.2) is 4.98 Å². The molecule has 0 aliphatic rings. The standard InChI is InChI=1S/C12H16N4S3/c1-3-5-13-10-7-9(4-6-14-10)8-18-12-16-15-11(17-2)19-12/h4,6-7H,3,5,8H2,1-2H3,(H,13,14). The van der Waals surface area contributed by atoms with Crippen LogP contribution in [0, 0.1) is 0 Å². The van der Waals surface area contributed by atoms with Crippen molar-refractivity contribution in [1.82, 2.24) is 15.2 Å². The third kappa shape index (κ3) is 4.67. The second-order valence-corrected chi connectivity index (χ2v) is 7.06. The van der Waals surface area contributed by atoms with Crippen LogP contribution in [0.2, 0.25) is 0 Å². The van der Waals surface area contributed by atoms with Crippen molar-refractivity contribution in [3.8, 4) is 0 Å². The molecule has 0 unspecified atom stereocenters. The van der Waals surface area contributed by atoms with Gasteiger partial charge in [-0.05, 0) is 30.4 Å². The van der Waals surface area contributed by atoms with Crippen molar-refractivity contribution in [2.45, 2.75) is 27.8 Å². The minimum atomic E-state index is 0.895. The molecule has 2 rings (SSSR count). The zero-order valence-electron chi connectivity index (χ0n) is 10.9. The van der Waals surface area contributed by atoms with E-state index in [-0.39, 0.29) is 0 Å². The van der Waals surface area contributed by atoms with Gasteiger partial charge >= 0.3 is 0 Å². The van der Waals surface area contributed by atoms with Crippen molar-refractivity contribution in [2.75, 3.05) is 18.1 Å². The maximum absolute atomic E-state index is 4.30. The van der Waals surface area contributed by atoms with Gasteiger partial charge in [0.05, 0.1) is 0 Å². The summed E-state index contributed by atoms with van der Waals surface area (Å²) in [4.78, 5) is 4.30. The van der Waals surface area contributed by atoms with Crippen LogP contribution < -0.4 is 5.32 Å². The maximum atomic E-state index is 4.30. The molecule has 102 valence electrons. The summed E-state index contributed by atoms with van der Waals surface area (Å²) in [6, 6.07) is 4.14. The van der Waals surface area contributed by atoms with Crippen molar-refractivity contribution in [1.29, 1.82) is 0 Å². The lowest BCUT2D eigenvalue weighted by Crippen LogP contribution is -2.01. The van der Waals surface area contributed by atoms with Crippen molar-refractivity contribution in [2.24, 2.45) is 0 Å². The first-order valence-corrected chi connectivity index (χ1v) is 9.03. The van der Waals surface area contributed by atoms with Gasteiger partial charge < -0.3 is 5.32 Å². The monoisotopic (exact) mass is 312 g/mol. The van der Waals surface area contributed by atoms with Crippen LogP contribution in [-0.4, -0.2) is 28.0 Å². The number of aromatic nitrogens is 3. The highest BCUT2D eigenvalue weighted by molar-refractivity contribution is 8.02. The smallest absolute Gasteiger partial charge is 0.175 e. The van der Waals surface area contributed by atoms with Crippen LogP contribution in [0.4, 0.5) is 5.82 Å². The molecule has 0 radical (unpaired) electrons. The van der Waals surface area contributed by atoms with E-state index in [1.165, 1.54) is 5.56 Å². The first-order chi connectivity index (χ1) is 9.31. The first-order valence-electron chi connectivity index (χ1n) is 6.01. The Labute approximate surface area is 125 Å². The van der Waals surface area contributed by atoms with E-state index in [1.54, 1.807) is 34.9 Å². The summed E-state index contributed by atoms with van der Waals surface area (Å²) in [5, 5.41) is 11.5.